The maximum atomic E-state index is 11.7. The average Bonchev–Trinajstić information content (AvgIpc) is 3.13. The van der Waals surface area contributed by atoms with Crippen LogP contribution in [0.4, 0.5) is 23.1 Å². The van der Waals surface area contributed by atoms with Crippen LogP contribution in [0, 0.1) is 5.92 Å². The molecule has 0 bridgehead atoms. The first kappa shape index (κ1) is 18.6. The van der Waals surface area contributed by atoms with Gasteiger partial charge in [0.05, 0.1) is 5.56 Å². The van der Waals surface area contributed by atoms with Gasteiger partial charge in [0.15, 0.2) is 0 Å². The number of hydrogen-bond donors (Lipinski definition) is 4. The number of aromatic nitrogens is 2. The van der Waals surface area contributed by atoms with Crippen molar-refractivity contribution in [1.82, 2.24) is 9.97 Å². The summed E-state index contributed by atoms with van der Waals surface area (Å²) in [5.74, 6) is 0.654. The topological polar surface area (TPSA) is 122 Å². The van der Waals surface area contributed by atoms with Crippen molar-refractivity contribution in [2.75, 3.05) is 22.5 Å². The summed E-state index contributed by atoms with van der Waals surface area (Å²) in [5.41, 5.74) is 7.10. The maximum absolute atomic E-state index is 11.7. The number of nitrogens with zero attached hydrogens (tertiary/aromatic N) is 2. The Balaban J connectivity index is 1.76. The number of carbonyl (C=O) groups is 2. The molecule has 0 atom stereocenters. The molecule has 1 aromatic heterocycles. The van der Waals surface area contributed by atoms with E-state index in [1.807, 2.05) is 12.1 Å². The third-order valence-electron chi connectivity index (χ3n) is 4.53. The van der Waals surface area contributed by atoms with E-state index in [-0.39, 0.29) is 11.5 Å². The zero-order valence-electron chi connectivity index (χ0n) is 15.3. The maximum Gasteiger partial charge on any atom is 0.254 e. The molecule has 0 unspecified atom stereocenters. The number of amides is 2. The van der Waals surface area contributed by atoms with Crippen LogP contribution in [0.25, 0.3) is 0 Å². The highest BCUT2D eigenvalue weighted by atomic mass is 16.1. The molecule has 8 nitrogen and oxygen atoms in total. The lowest BCUT2D eigenvalue weighted by Gasteiger charge is -2.14. The molecule has 2 aromatic rings. The molecular weight excluding hydrogens is 344 g/mol. The van der Waals surface area contributed by atoms with Crippen LogP contribution in [0.2, 0.25) is 0 Å². The molecular formula is C19H24N6O2. The summed E-state index contributed by atoms with van der Waals surface area (Å²) in [6.07, 6.45) is 6.29. The number of primary amides is 1. The van der Waals surface area contributed by atoms with E-state index >= 15 is 0 Å². The second kappa shape index (κ2) is 8.48. The van der Waals surface area contributed by atoms with Gasteiger partial charge in [-0.2, -0.15) is 4.98 Å². The van der Waals surface area contributed by atoms with Gasteiger partial charge in [0, 0.05) is 31.0 Å². The van der Waals surface area contributed by atoms with Crippen LogP contribution in [0.1, 0.15) is 43.0 Å². The Morgan fingerprint density at radius 2 is 1.96 bits per heavy atom. The predicted molar refractivity (Wildman–Crippen MR) is 105 cm³/mol. The fourth-order valence-electron chi connectivity index (χ4n) is 3.22. The molecule has 1 heterocycles. The molecule has 0 aliphatic heterocycles. The fraction of sp³-hybridized carbons (Fsp3) is 0.368. The highest BCUT2D eigenvalue weighted by Crippen LogP contribution is 2.26. The van der Waals surface area contributed by atoms with Crippen molar-refractivity contribution >= 4 is 35.0 Å². The van der Waals surface area contributed by atoms with Crippen LogP contribution >= 0.6 is 0 Å². The molecule has 1 aliphatic rings. The number of nitrogens with one attached hydrogen (secondary N) is 3. The quantitative estimate of drug-likeness (QED) is 0.596. The molecule has 1 saturated carbocycles. The Morgan fingerprint density at radius 1 is 1.22 bits per heavy atom. The van der Waals surface area contributed by atoms with Crippen molar-refractivity contribution in [3.05, 3.63) is 36.0 Å². The number of benzene rings is 1. The lowest BCUT2D eigenvalue weighted by molar-refractivity contribution is -0.114. The molecule has 5 N–H and O–H groups in total. The third kappa shape index (κ3) is 5.16. The van der Waals surface area contributed by atoms with E-state index in [0.29, 0.717) is 23.4 Å². The summed E-state index contributed by atoms with van der Waals surface area (Å²) in [6, 6.07) is 7.21. The second-order valence-electron chi connectivity index (χ2n) is 6.74. The van der Waals surface area contributed by atoms with Crippen molar-refractivity contribution < 1.29 is 9.59 Å². The SMILES string of the molecule is CC(=O)Nc1cccc(Nc2ncc(C(N)=O)c(NCC3CCCC3)n2)c1. The minimum Gasteiger partial charge on any atom is -0.369 e. The standard InChI is InChI=1S/C19H24N6O2/c1-12(26)23-14-7-4-8-15(9-14)24-19-22-11-16(17(20)27)18(25-19)21-10-13-5-2-3-6-13/h4,7-9,11,13H,2-3,5-6,10H2,1H3,(H2,20,27)(H,23,26)(H2,21,22,24,25). The van der Waals surface area contributed by atoms with Crippen LogP contribution in [0.15, 0.2) is 30.5 Å². The van der Waals surface area contributed by atoms with Crippen molar-refractivity contribution in [2.45, 2.75) is 32.6 Å². The van der Waals surface area contributed by atoms with Gasteiger partial charge in [-0.15, -0.1) is 0 Å². The molecule has 142 valence electrons. The van der Waals surface area contributed by atoms with Crippen LogP contribution in [0.3, 0.4) is 0 Å². The number of hydrogen-bond acceptors (Lipinski definition) is 6. The second-order valence-corrected chi connectivity index (χ2v) is 6.74. The fourth-order valence-corrected chi connectivity index (χ4v) is 3.22. The van der Waals surface area contributed by atoms with Gasteiger partial charge in [-0.3, -0.25) is 9.59 Å². The van der Waals surface area contributed by atoms with Crippen LogP contribution < -0.4 is 21.7 Å². The first-order valence-electron chi connectivity index (χ1n) is 9.06. The molecule has 0 spiro atoms. The van der Waals surface area contributed by atoms with Crippen molar-refractivity contribution in [3.63, 3.8) is 0 Å². The Kier molecular flexibility index (Phi) is 5.85. The molecule has 1 aliphatic carbocycles. The first-order chi connectivity index (χ1) is 13.0. The zero-order valence-corrected chi connectivity index (χ0v) is 15.3. The summed E-state index contributed by atoms with van der Waals surface area (Å²) in [4.78, 5) is 31.5. The minimum atomic E-state index is -0.567. The van der Waals surface area contributed by atoms with Crippen LogP contribution in [-0.2, 0) is 4.79 Å². The summed E-state index contributed by atoms with van der Waals surface area (Å²) < 4.78 is 0. The Bertz CT molecular complexity index is 833. The Hall–Kier alpha value is -3.16. The highest BCUT2D eigenvalue weighted by molar-refractivity contribution is 5.97. The smallest absolute Gasteiger partial charge is 0.254 e. The molecule has 0 radical (unpaired) electrons. The molecule has 2 amide bonds. The van der Waals surface area contributed by atoms with E-state index in [0.717, 1.165) is 12.2 Å². The summed E-state index contributed by atoms with van der Waals surface area (Å²) in [5, 5.41) is 9.06. The molecule has 0 saturated heterocycles. The number of rotatable bonds is 7. The summed E-state index contributed by atoms with van der Waals surface area (Å²) in [7, 11) is 0. The first-order valence-corrected chi connectivity index (χ1v) is 9.06. The van der Waals surface area contributed by atoms with Gasteiger partial charge < -0.3 is 21.7 Å². The number of nitrogens with two attached hydrogens (primary N) is 1. The molecule has 27 heavy (non-hydrogen) atoms. The van der Waals surface area contributed by atoms with E-state index in [2.05, 4.69) is 25.9 Å². The van der Waals surface area contributed by atoms with Gasteiger partial charge >= 0.3 is 0 Å². The summed E-state index contributed by atoms with van der Waals surface area (Å²) >= 11 is 0. The number of anilines is 4. The van der Waals surface area contributed by atoms with Gasteiger partial charge in [0.25, 0.3) is 5.91 Å². The molecule has 1 aromatic carbocycles. The van der Waals surface area contributed by atoms with Gasteiger partial charge in [-0.05, 0) is 37.0 Å². The molecule has 1 fully saturated rings. The monoisotopic (exact) mass is 368 g/mol. The van der Waals surface area contributed by atoms with Gasteiger partial charge in [-0.25, -0.2) is 4.98 Å². The van der Waals surface area contributed by atoms with Crippen molar-refractivity contribution in [3.8, 4) is 0 Å². The van der Waals surface area contributed by atoms with Gasteiger partial charge in [0.2, 0.25) is 11.9 Å². The Morgan fingerprint density at radius 3 is 2.67 bits per heavy atom. The average molecular weight is 368 g/mol. The molecule has 3 rings (SSSR count). The third-order valence-corrected chi connectivity index (χ3v) is 4.53. The number of carbonyl (C=O) groups excluding carboxylic acids is 2. The predicted octanol–water partition coefficient (Wildman–Crippen LogP) is 2.88. The van der Waals surface area contributed by atoms with Gasteiger partial charge in [0.1, 0.15) is 5.82 Å². The van der Waals surface area contributed by atoms with Crippen LogP contribution in [0.5, 0.6) is 0 Å². The Labute approximate surface area is 158 Å². The normalized spacial score (nSPS) is 14.0. The van der Waals surface area contributed by atoms with Crippen LogP contribution in [-0.4, -0.2) is 28.3 Å². The van der Waals surface area contributed by atoms with Gasteiger partial charge in [-0.1, -0.05) is 18.9 Å². The lowest BCUT2D eigenvalue weighted by Crippen LogP contribution is -2.19. The molecule has 8 heteroatoms. The van der Waals surface area contributed by atoms with E-state index in [9.17, 15) is 9.59 Å². The van der Waals surface area contributed by atoms with E-state index in [1.165, 1.54) is 38.8 Å². The van der Waals surface area contributed by atoms with E-state index < -0.39 is 5.91 Å². The minimum absolute atomic E-state index is 0.146. The van der Waals surface area contributed by atoms with Crippen molar-refractivity contribution in [2.24, 2.45) is 11.7 Å². The summed E-state index contributed by atoms with van der Waals surface area (Å²) in [6.45, 7) is 2.21. The largest absolute Gasteiger partial charge is 0.369 e. The van der Waals surface area contributed by atoms with E-state index in [1.54, 1.807) is 12.1 Å². The van der Waals surface area contributed by atoms with Crippen molar-refractivity contribution in [1.29, 1.82) is 0 Å². The van der Waals surface area contributed by atoms with E-state index in [4.69, 9.17) is 5.73 Å². The highest BCUT2D eigenvalue weighted by Gasteiger charge is 2.17. The lowest BCUT2D eigenvalue weighted by atomic mass is 10.1. The zero-order chi connectivity index (χ0) is 19.2.